The van der Waals surface area contributed by atoms with Gasteiger partial charge in [0.05, 0.1) is 0 Å². The van der Waals surface area contributed by atoms with Gasteiger partial charge in [0.2, 0.25) is 0 Å². The van der Waals surface area contributed by atoms with Crippen LogP contribution in [0.25, 0.3) is 0 Å². The monoisotopic (exact) mass is 939 g/mol. The van der Waals surface area contributed by atoms with Crippen LogP contribution in [0, 0.1) is 0 Å². The highest BCUT2D eigenvalue weighted by Crippen LogP contribution is 2.15. The summed E-state index contributed by atoms with van der Waals surface area (Å²) in [6, 6.07) is 0. The summed E-state index contributed by atoms with van der Waals surface area (Å²) in [5.41, 5.74) is 0. The third-order valence-corrected chi connectivity index (χ3v) is 12.8. The zero-order valence-corrected chi connectivity index (χ0v) is 44.7. The Hall–Kier alpha value is -2.63. The van der Waals surface area contributed by atoms with Gasteiger partial charge in [-0.1, -0.05) is 230 Å². The molecule has 0 spiro atoms. The number of allylic oxidation sites excluding steroid dienone is 8. The molecule has 0 rings (SSSR count). The Morgan fingerprint density at radius 3 is 0.866 bits per heavy atom. The first-order valence-corrected chi connectivity index (χ1v) is 29.1. The number of carbonyl (C=O) groups excluding carboxylic acids is 3. The lowest BCUT2D eigenvalue weighted by Crippen LogP contribution is -2.30. The average Bonchev–Trinajstić information content (AvgIpc) is 3.33. The van der Waals surface area contributed by atoms with E-state index in [-0.39, 0.29) is 31.1 Å². The van der Waals surface area contributed by atoms with Gasteiger partial charge in [0.15, 0.2) is 6.10 Å². The van der Waals surface area contributed by atoms with Crippen LogP contribution in [-0.2, 0) is 28.6 Å². The van der Waals surface area contributed by atoms with E-state index in [9.17, 15) is 14.4 Å². The molecule has 0 aromatic heterocycles. The first-order valence-electron chi connectivity index (χ1n) is 29.1. The molecule has 0 aromatic carbocycles. The molecule has 0 aliphatic rings. The van der Waals surface area contributed by atoms with E-state index in [1.807, 2.05) is 0 Å². The van der Waals surface area contributed by atoms with Crippen molar-refractivity contribution in [1.29, 1.82) is 0 Å². The van der Waals surface area contributed by atoms with Crippen molar-refractivity contribution < 1.29 is 28.6 Å². The van der Waals surface area contributed by atoms with Crippen molar-refractivity contribution >= 4 is 17.9 Å². The van der Waals surface area contributed by atoms with Crippen LogP contribution < -0.4 is 0 Å². The Kier molecular flexibility index (Phi) is 53.8. The fourth-order valence-corrected chi connectivity index (χ4v) is 8.35. The fraction of sp³-hybridized carbons (Fsp3) is 0.820. The smallest absolute Gasteiger partial charge is 0.306 e. The van der Waals surface area contributed by atoms with Gasteiger partial charge >= 0.3 is 17.9 Å². The Balaban J connectivity index is 4.33. The van der Waals surface area contributed by atoms with E-state index < -0.39 is 6.10 Å². The Morgan fingerprint density at radius 2 is 0.537 bits per heavy atom. The van der Waals surface area contributed by atoms with Crippen molar-refractivity contribution in [2.45, 2.75) is 309 Å². The molecule has 0 saturated carbocycles. The summed E-state index contributed by atoms with van der Waals surface area (Å²) in [7, 11) is 0. The van der Waals surface area contributed by atoms with Crippen LogP contribution in [0.5, 0.6) is 0 Å². The van der Waals surface area contributed by atoms with Crippen LogP contribution in [0.15, 0.2) is 48.6 Å². The van der Waals surface area contributed by atoms with E-state index in [4.69, 9.17) is 14.2 Å². The first kappa shape index (κ1) is 64.4. The summed E-state index contributed by atoms with van der Waals surface area (Å²) in [6.07, 6.45) is 68.1. The summed E-state index contributed by atoms with van der Waals surface area (Å²) in [4.78, 5) is 38.1. The lowest BCUT2D eigenvalue weighted by Gasteiger charge is -2.18. The van der Waals surface area contributed by atoms with Gasteiger partial charge in [-0.15, -0.1) is 0 Å². The molecule has 0 bridgehead atoms. The Bertz CT molecular complexity index is 1170. The van der Waals surface area contributed by atoms with E-state index in [2.05, 4.69) is 69.4 Å². The minimum atomic E-state index is -0.781. The zero-order valence-electron chi connectivity index (χ0n) is 44.7. The maximum atomic E-state index is 12.8. The van der Waals surface area contributed by atoms with Crippen LogP contribution in [0.3, 0.4) is 0 Å². The van der Waals surface area contributed by atoms with E-state index >= 15 is 0 Å². The van der Waals surface area contributed by atoms with E-state index in [1.54, 1.807) is 0 Å². The van der Waals surface area contributed by atoms with Crippen LogP contribution in [0.1, 0.15) is 303 Å². The van der Waals surface area contributed by atoms with Crippen molar-refractivity contribution in [3.63, 3.8) is 0 Å². The van der Waals surface area contributed by atoms with Crippen molar-refractivity contribution in [2.24, 2.45) is 0 Å². The summed E-state index contributed by atoms with van der Waals surface area (Å²) < 4.78 is 16.9. The molecular weight excluding hydrogens is 829 g/mol. The Morgan fingerprint density at radius 1 is 0.299 bits per heavy atom. The summed E-state index contributed by atoms with van der Waals surface area (Å²) >= 11 is 0. The molecule has 67 heavy (non-hydrogen) atoms. The number of carbonyl (C=O) groups is 3. The molecule has 0 saturated heterocycles. The third-order valence-electron chi connectivity index (χ3n) is 12.8. The normalized spacial score (nSPS) is 12.3. The number of hydrogen-bond donors (Lipinski definition) is 0. The van der Waals surface area contributed by atoms with Gasteiger partial charge in [0.25, 0.3) is 0 Å². The maximum Gasteiger partial charge on any atom is 0.306 e. The van der Waals surface area contributed by atoms with Gasteiger partial charge in [-0.25, -0.2) is 0 Å². The second kappa shape index (κ2) is 56.0. The average molecular weight is 940 g/mol. The van der Waals surface area contributed by atoms with Crippen LogP contribution >= 0.6 is 0 Å². The third kappa shape index (κ3) is 54.2. The predicted octanol–water partition coefficient (Wildman–Crippen LogP) is 19.4. The van der Waals surface area contributed by atoms with E-state index in [1.165, 1.54) is 180 Å². The topological polar surface area (TPSA) is 78.9 Å². The summed E-state index contributed by atoms with van der Waals surface area (Å²) in [5.74, 6) is -0.889. The molecule has 0 amide bonds. The molecule has 0 heterocycles. The molecule has 0 aliphatic heterocycles. The van der Waals surface area contributed by atoms with Crippen LogP contribution in [-0.4, -0.2) is 37.2 Å². The van der Waals surface area contributed by atoms with Gasteiger partial charge < -0.3 is 14.2 Å². The zero-order chi connectivity index (χ0) is 48.6. The van der Waals surface area contributed by atoms with Crippen LogP contribution in [0.4, 0.5) is 0 Å². The van der Waals surface area contributed by atoms with Gasteiger partial charge in [0.1, 0.15) is 13.2 Å². The molecule has 390 valence electrons. The largest absolute Gasteiger partial charge is 0.462 e. The Labute approximate surface area is 416 Å². The lowest BCUT2D eigenvalue weighted by atomic mass is 10.1. The first-order chi connectivity index (χ1) is 33.0. The van der Waals surface area contributed by atoms with Gasteiger partial charge in [0, 0.05) is 19.3 Å². The van der Waals surface area contributed by atoms with E-state index in [0.717, 1.165) is 83.5 Å². The predicted molar refractivity (Wildman–Crippen MR) is 289 cm³/mol. The molecule has 0 N–H and O–H groups in total. The number of esters is 3. The van der Waals surface area contributed by atoms with Gasteiger partial charge in [-0.3, -0.25) is 14.4 Å². The lowest BCUT2D eigenvalue weighted by molar-refractivity contribution is -0.167. The molecule has 0 aromatic rings. The highest BCUT2D eigenvalue weighted by Gasteiger charge is 2.19. The van der Waals surface area contributed by atoms with Gasteiger partial charge in [-0.2, -0.15) is 0 Å². The fourth-order valence-electron chi connectivity index (χ4n) is 8.35. The minimum Gasteiger partial charge on any atom is -0.462 e. The molecule has 6 heteroatoms. The summed E-state index contributed by atoms with van der Waals surface area (Å²) in [6.45, 7) is 6.61. The maximum absolute atomic E-state index is 12.8. The van der Waals surface area contributed by atoms with Crippen molar-refractivity contribution in [3.8, 4) is 0 Å². The molecule has 0 aliphatic carbocycles. The number of ether oxygens (including phenoxy) is 3. The molecular formula is C61H110O6. The minimum absolute atomic E-state index is 0.0799. The standard InChI is InChI=1S/C61H110O6/c1-4-7-10-13-16-19-22-25-27-29-30-31-32-33-35-36-39-42-45-48-51-54-60(63)66-57-58(56-65-59(62)53-50-47-44-41-38-24-21-18-15-12-9-6-3)67-61(64)55-52-49-46-43-40-37-34-28-26-23-20-17-14-11-8-5-2/h18,21-22,25,28-30,34,58H,4-17,19-20,23-24,26-27,31-33,35-57H2,1-3H3/b21-18-,25-22-,30-29-,34-28-. The quantitative estimate of drug-likeness (QED) is 0.0262. The molecule has 6 nitrogen and oxygen atoms in total. The summed E-state index contributed by atoms with van der Waals surface area (Å²) in [5, 5.41) is 0. The molecule has 0 radical (unpaired) electrons. The molecule has 0 fully saturated rings. The van der Waals surface area contributed by atoms with Crippen molar-refractivity contribution in [1.82, 2.24) is 0 Å². The second-order valence-electron chi connectivity index (χ2n) is 19.5. The second-order valence-corrected chi connectivity index (χ2v) is 19.5. The van der Waals surface area contributed by atoms with Crippen molar-refractivity contribution in [2.75, 3.05) is 13.2 Å². The number of rotatable bonds is 53. The highest BCUT2D eigenvalue weighted by atomic mass is 16.6. The molecule has 1 unspecified atom stereocenters. The SMILES string of the molecule is CCCCC/C=C\CCCCCCCC(=O)OCC(COC(=O)CCCCCCCCCCC/C=C\C/C=C\CCCCCCC)OC(=O)CCCCCCC/C=C\CCCCCCCCC. The van der Waals surface area contributed by atoms with Crippen molar-refractivity contribution in [3.05, 3.63) is 48.6 Å². The molecule has 1 atom stereocenters. The number of hydrogen-bond acceptors (Lipinski definition) is 6. The van der Waals surface area contributed by atoms with Crippen LogP contribution in [0.2, 0.25) is 0 Å². The van der Waals surface area contributed by atoms with Gasteiger partial charge in [-0.05, 0) is 103 Å². The van der Waals surface area contributed by atoms with E-state index in [0.29, 0.717) is 19.3 Å². The highest BCUT2D eigenvalue weighted by molar-refractivity contribution is 5.71. The number of unbranched alkanes of at least 4 members (excludes halogenated alkanes) is 34.